The third-order valence-electron chi connectivity index (χ3n) is 6.80. The van der Waals surface area contributed by atoms with E-state index in [2.05, 4.69) is 0 Å². The van der Waals surface area contributed by atoms with Crippen molar-refractivity contribution >= 4 is 33.3 Å². The Kier molecular flexibility index (Phi) is 7.68. The van der Waals surface area contributed by atoms with E-state index in [0.717, 1.165) is 23.3 Å². The topological polar surface area (TPSA) is 106 Å². The Morgan fingerprint density at radius 2 is 1.83 bits per heavy atom. The molecule has 2 aromatic carbocycles. The molecular weight excluding hydrogens is 492 g/mol. The molecule has 0 radical (unpaired) electrons. The predicted molar refractivity (Wildman–Crippen MR) is 133 cm³/mol. The van der Waals surface area contributed by atoms with Crippen molar-refractivity contribution in [2.24, 2.45) is 16.8 Å². The van der Waals surface area contributed by atoms with Crippen molar-refractivity contribution < 1.29 is 27.8 Å². The molecule has 0 spiro atoms. The number of fused-ring (bicyclic) bond motifs is 1. The van der Waals surface area contributed by atoms with Crippen LogP contribution in [0.3, 0.4) is 0 Å². The molecule has 1 N–H and O–H groups in total. The number of methoxy groups -OCH3 is 2. The van der Waals surface area contributed by atoms with Crippen LogP contribution in [-0.4, -0.2) is 63.4 Å². The largest absolute Gasteiger partial charge is 0.493 e. The molecule has 10 heteroatoms. The third-order valence-corrected chi connectivity index (χ3v) is 8.93. The number of benzene rings is 2. The monoisotopic (exact) mass is 520 g/mol. The number of carbonyl (C=O) groups is 1. The summed E-state index contributed by atoms with van der Waals surface area (Å²) >= 11 is 5.93. The lowest BCUT2D eigenvalue weighted by molar-refractivity contribution is -0.138. The standard InChI is InChI=1S/C25H29ClN2O6S/c1-33-23-12-17-7-9-27-22(21(17)14-24(23)34-2)11-18-15-28(10-8-16(18)13-25(29)30)35(31,32)20-5-3-19(26)4-6-20/h3-6,12,14,16,18H,7-11,13,15H2,1-2H3,(H,29,30)/t16-,18-/m0/s1. The number of aliphatic carboxylic acids is 1. The van der Waals surface area contributed by atoms with Gasteiger partial charge in [0.05, 0.1) is 19.1 Å². The first kappa shape index (κ1) is 25.5. The minimum absolute atomic E-state index is 0.00836. The van der Waals surface area contributed by atoms with Crippen LogP contribution < -0.4 is 9.47 Å². The first-order chi connectivity index (χ1) is 16.7. The zero-order chi connectivity index (χ0) is 25.2. The molecule has 0 amide bonds. The molecule has 8 nitrogen and oxygen atoms in total. The molecule has 4 rings (SSSR count). The summed E-state index contributed by atoms with van der Waals surface area (Å²) in [4.78, 5) is 16.5. The lowest BCUT2D eigenvalue weighted by Crippen LogP contribution is -2.45. The van der Waals surface area contributed by atoms with Crippen molar-refractivity contribution in [2.75, 3.05) is 33.9 Å². The van der Waals surface area contributed by atoms with Crippen molar-refractivity contribution in [3.05, 3.63) is 52.5 Å². The molecule has 1 saturated heterocycles. The predicted octanol–water partition coefficient (Wildman–Crippen LogP) is 3.89. The number of aliphatic imine (C=N–C) groups is 1. The van der Waals surface area contributed by atoms with Crippen LogP contribution >= 0.6 is 11.6 Å². The second-order valence-corrected chi connectivity index (χ2v) is 11.2. The Morgan fingerprint density at radius 1 is 1.14 bits per heavy atom. The van der Waals surface area contributed by atoms with Crippen molar-refractivity contribution in [2.45, 2.75) is 30.6 Å². The van der Waals surface area contributed by atoms with E-state index in [4.69, 9.17) is 26.1 Å². The Hall–Kier alpha value is -2.62. The van der Waals surface area contributed by atoms with Gasteiger partial charge in [0.2, 0.25) is 10.0 Å². The van der Waals surface area contributed by atoms with E-state index >= 15 is 0 Å². The normalized spacial score (nSPS) is 20.6. The van der Waals surface area contributed by atoms with Crippen LogP contribution in [0.1, 0.15) is 30.4 Å². The molecule has 2 aromatic rings. The second-order valence-electron chi connectivity index (χ2n) is 8.87. The summed E-state index contributed by atoms with van der Waals surface area (Å²) in [5.74, 6) is 0.0104. The lowest BCUT2D eigenvalue weighted by Gasteiger charge is -2.38. The fraction of sp³-hybridized carbons (Fsp3) is 0.440. The molecule has 0 saturated carbocycles. The molecular formula is C25H29ClN2O6S. The maximum atomic E-state index is 13.3. The molecule has 2 atom stereocenters. The van der Waals surface area contributed by atoms with E-state index in [1.54, 1.807) is 26.4 Å². The van der Waals surface area contributed by atoms with Gasteiger partial charge in [-0.2, -0.15) is 4.31 Å². The highest BCUT2D eigenvalue weighted by atomic mass is 35.5. The number of piperidine rings is 1. The number of hydrogen-bond donors (Lipinski definition) is 1. The van der Waals surface area contributed by atoms with E-state index < -0.39 is 16.0 Å². The third kappa shape index (κ3) is 5.47. The van der Waals surface area contributed by atoms with Gasteiger partial charge in [0.15, 0.2) is 11.5 Å². The first-order valence-corrected chi connectivity index (χ1v) is 13.3. The highest BCUT2D eigenvalue weighted by Crippen LogP contribution is 2.37. The summed E-state index contributed by atoms with van der Waals surface area (Å²) < 4.78 is 39.0. The summed E-state index contributed by atoms with van der Waals surface area (Å²) in [6, 6.07) is 9.96. The van der Waals surface area contributed by atoms with Crippen molar-refractivity contribution in [3.8, 4) is 11.5 Å². The smallest absolute Gasteiger partial charge is 0.303 e. The minimum Gasteiger partial charge on any atom is -0.493 e. The zero-order valence-electron chi connectivity index (χ0n) is 19.7. The van der Waals surface area contributed by atoms with Crippen LogP contribution in [0, 0.1) is 11.8 Å². The van der Waals surface area contributed by atoms with Gasteiger partial charge in [-0.3, -0.25) is 9.79 Å². The summed E-state index contributed by atoms with van der Waals surface area (Å²) in [5, 5.41) is 9.96. The number of carboxylic acid groups (broad SMARTS) is 1. The van der Waals surface area contributed by atoms with Crippen molar-refractivity contribution in [1.82, 2.24) is 4.31 Å². The second kappa shape index (κ2) is 10.6. The number of sulfonamides is 1. The molecule has 0 aromatic heterocycles. The van der Waals surface area contributed by atoms with Gasteiger partial charge in [-0.1, -0.05) is 11.6 Å². The average molecular weight is 521 g/mol. The summed E-state index contributed by atoms with van der Waals surface area (Å²) in [6.45, 7) is 1.11. The van der Waals surface area contributed by atoms with Gasteiger partial charge in [-0.15, -0.1) is 0 Å². The van der Waals surface area contributed by atoms with Gasteiger partial charge in [0.1, 0.15) is 0 Å². The van der Waals surface area contributed by atoms with Crippen LogP contribution in [0.15, 0.2) is 46.3 Å². The summed E-state index contributed by atoms with van der Waals surface area (Å²) in [5.41, 5.74) is 2.88. The van der Waals surface area contributed by atoms with E-state index in [1.165, 1.54) is 16.4 Å². The van der Waals surface area contributed by atoms with Gasteiger partial charge >= 0.3 is 5.97 Å². The van der Waals surface area contributed by atoms with E-state index in [9.17, 15) is 18.3 Å². The molecule has 0 bridgehead atoms. The lowest BCUT2D eigenvalue weighted by atomic mass is 9.79. The van der Waals surface area contributed by atoms with Gasteiger partial charge in [0.25, 0.3) is 0 Å². The number of carboxylic acids is 1. The number of nitrogens with zero attached hydrogens (tertiary/aromatic N) is 2. The Morgan fingerprint density at radius 3 is 2.49 bits per heavy atom. The molecule has 0 aliphatic carbocycles. The number of rotatable bonds is 8. The Balaban J connectivity index is 1.62. The van der Waals surface area contributed by atoms with Crippen LogP contribution in [0.5, 0.6) is 11.5 Å². The SMILES string of the molecule is COc1cc2c(cc1OC)C(C[C@H]1CN(S(=O)(=O)c3ccc(Cl)cc3)CC[C@H]1CC(=O)O)=NCC2. The maximum absolute atomic E-state index is 13.3. The van der Waals surface area contributed by atoms with E-state index in [0.29, 0.717) is 35.9 Å². The van der Waals surface area contributed by atoms with Gasteiger partial charge in [-0.05, 0) is 73.1 Å². The number of halogens is 1. The molecule has 188 valence electrons. The van der Waals surface area contributed by atoms with Crippen molar-refractivity contribution in [1.29, 1.82) is 0 Å². The summed E-state index contributed by atoms with van der Waals surface area (Å²) in [6.07, 6.45) is 1.70. The van der Waals surface area contributed by atoms with Gasteiger partial charge in [0, 0.05) is 42.4 Å². The fourth-order valence-corrected chi connectivity index (χ4v) is 6.60. The molecule has 1 fully saturated rings. The Bertz CT molecular complexity index is 1230. The fourth-order valence-electron chi connectivity index (χ4n) is 4.96. The van der Waals surface area contributed by atoms with Crippen LogP contribution in [0.25, 0.3) is 0 Å². The van der Waals surface area contributed by atoms with Crippen LogP contribution in [-0.2, 0) is 21.2 Å². The highest BCUT2D eigenvalue weighted by molar-refractivity contribution is 7.89. The van der Waals surface area contributed by atoms with Gasteiger partial charge in [-0.25, -0.2) is 8.42 Å². The average Bonchev–Trinajstić information content (AvgIpc) is 2.84. The molecule has 2 aliphatic heterocycles. The molecule has 0 unspecified atom stereocenters. The Labute approximate surface area is 210 Å². The molecule has 2 aliphatic rings. The van der Waals surface area contributed by atoms with Gasteiger partial charge < -0.3 is 14.6 Å². The quantitative estimate of drug-likeness (QED) is 0.566. The van der Waals surface area contributed by atoms with E-state index in [1.807, 2.05) is 12.1 Å². The zero-order valence-corrected chi connectivity index (χ0v) is 21.3. The molecule has 35 heavy (non-hydrogen) atoms. The highest BCUT2D eigenvalue weighted by Gasteiger charge is 2.37. The molecule has 2 heterocycles. The summed E-state index contributed by atoms with van der Waals surface area (Å²) in [7, 11) is -0.563. The first-order valence-electron chi connectivity index (χ1n) is 11.5. The maximum Gasteiger partial charge on any atom is 0.303 e. The van der Waals surface area contributed by atoms with Crippen molar-refractivity contribution in [3.63, 3.8) is 0 Å². The van der Waals surface area contributed by atoms with Crippen LogP contribution in [0.2, 0.25) is 5.02 Å². The number of ether oxygens (including phenoxy) is 2. The van der Waals surface area contributed by atoms with E-state index in [-0.39, 0.29) is 36.2 Å². The minimum atomic E-state index is -3.73. The van der Waals surface area contributed by atoms with Crippen LogP contribution in [0.4, 0.5) is 0 Å². The number of hydrogen-bond acceptors (Lipinski definition) is 6.